The molecule has 134 valence electrons. The lowest BCUT2D eigenvalue weighted by Crippen LogP contribution is -2.55. The molecular weight excluding hydrogens is 292 g/mol. The van der Waals surface area contributed by atoms with Crippen molar-refractivity contribution < 1.29 is 19.5 Å². The molecule has 1 heterocycles. The van der Waals surface area contributed by atoms with E-state index in [-0.39, 0.29) is 13.2 Å². The fourth-order valence-electron chi connectivity index (χ4n) is 3.50. The maximum absolute atomic E-state index is 11.2. The van der Waals surface area contributed by atoms with E-state index in [2.05, 4.69) is 11.9 Å². The first kappa shape index (κ1) is 20.1. The van der Waals surface area contributed by atoms with Crippen LogP contribution in [0.5, 0.6) is 0 Å². The fraction of sp³-hybridized carbons (Fsp3) is 0.889. The largest absolute Gasteiger partial charge is 0.477 e. The molecule has 0 spiro atoms. The van der Waals surface area contributed by atoms with Crippen LogP contribution in [0.4, 0.5) is 0 Å². The molecule has 0 saturated heterocycles. The van der Waals surface area contributed by atoms with Crippen molar-refractivity contribution in [2.24, 2.45) is 4.99 Å². The van der Waals surface area contributed by atoms with Crippen LogP contribution in [0.25, 0.3) is 0 Å². The van der Waals surface area contributed by atoms with Crippen LogP contribution in [0.15, 0.2) is 4.99 Å². The number of amidine groups is 1. The smallest absolute Gasteiger partial charge is 0.359 e. The van der Waals surface area contributed by atoms with Crippen molar-refractivity contribution in [3.8, 4) is 0 Å². The van der Waals surface area contributed by atoms with Crippen molar-refractivity contribution in [1.82, 2.24) is 0 Å². The van der Waals surface area contributed by atoms with Gasteiger partial charge in [0.1, 0.15) is 13.1 Å². The van der Waals surface area contributed by atoms with Crippen LogP contribution in [0, 0.1) is 0 Å². The number of aliphatic imine (C=N–C) groups is 1. The van der Waals surface area contributed by atoms with Crippen molar-refractivity contribution in [3.63, 3.8) is 0 Å². The number of aliphatic hydroxyl groups is 1. The molecule has 0 bridgehead atoms. The van der Waals surface area contributed by atoms with Crippen LogP contribution in [0.1, 0.15) is 71.1 Å². The van der Waals surface area contributed by atoms with Gasteiger partial charge in [-0.15, -0.1) is 0 Å². The zero-order valence-corrected chi connectivity index (χ0v) is 14.8. The third kappa shape index (κ3) is 7.44. The predicted octanol–water partition coefficient (Wildman–Crippen LogP) is 3.21. The minimum atomic E-state index is -0.805. The lowest BCUT2D eigenvalue weighted by Gasteiger charge is -2.32. The molecule has 0 aromatic rings. The predicted molar refractivity (Wildman–Crippen MR) is 93.7 cm³/mol. The molecular formula is C18H35N2O3+. The van der Waals surface area contributed by atoms with E-state index in [1.807, 2.05) is 0 Å². The molecule has 1 rings (SSSR count). The molecule has 0 radical (unpaired) electrons. The number of aliphatic hydroxyl groups excluding tert-OH is 1. The summed E-state index contributed by atoms with van der Waals surface area (Å²) in [5, 5.41) is 18.5. The topological polar surface area (TPSA) is 69.9 Å². The fourth-order valence-corrected chi connectivity index (χ4v) is 3.50. The van der Waals surface area contributed by atoms with Gasteiger partial charge in [-0.2, -0.15) is 0 Å². The Labute approximate surface area is 141 Å². The standard InChI is InChI=1S/C18H34N2O3/c1-2-3-4-5-6-7-8-9-10-11-17-19-12-13-20(17,14-15-21)16-18(22)23/h21H,2-16H2,1H3/p+1. The third-order valence-electron chi connectivity index (χ3n) is 4.84. The number of nitrogens with zero attached hydrogens (tertiary/aromatic N) is 2. The molecule has 1 aliphatic heterocycles. The van der Waals surface area contributed by atoms with Crippen molar-refractivity contribution in [1.29, 1.82) is 0 Å². The van der Waals surface area contributed by atoms with E-state index in [9.17, 15) is 9.90 Å². The van der Waals surface area contributed by atoms with E-state index < -0.39 is 5.97 Å². The van der Waals surface area contributed by atoms with Gasteiger partial charge in [-0.05, 0) is 6.42 Å². The Bertz CT molecular complexity index is 371. The SMILES string of the molecule is CCCCCCCCCCCC1=NCC[N+]1(CCO)CC(=O)O. The third-order valence-corrected chi connectivity index (χ3v) is 4.84. The van der Waals surface area contributed by atoms with Gasteiger partial charge >= 0.3 is 5.97 Å². The van der Waals surface area contributed by atoms with Gasteiger partial charge in [-0.1, -0.05) is 58.3 Å². The molecule has 1 atom stereocenters. The van der Waals surface area contributed by atoms with Crippen molar-refractivity contribution >= 4 is 11.8 Å². The van der Waals surface area contributed by atoms with Gasteiger partial charge in [0.05, 0.1) is 13.2 Å². The second-order valence-electron chi connectivity index (χ2n) is 6.74. The van der Waals surface area contributed by atoms with Gasteiger partial charge in [0.2, 0.25) is 0 Å². The Morgan fingerprint density at radius 3 is 2.26 bits per heavy atom. The number of unbranched alkanes of at least 4 members (excludes halogenated alkanes) is 8. The van der Waals surface area contributed by atoms with E-state index >= 15 is 0 Å². The summed E-state index contributed by atoms with van der Waals surface area (Å²) in [6.07, 6.45) is 12.4. The molecule has 5 heteroatoms. The van der Waals surface area contributed by atoms with Crippen LogP contribution < -0.4 is 0 Å². The lowest BCUT2D eigenvalue weighted by molar-refractivity contribution is -0.829. The van der Waals surface area contributed by atoms with E-state index in [1.54, 1.807) is 0 Å². The Balaban J connectivity index is 2.23. The average molecular weight is 327 g/mol. The van der Waals surface area contributed by atoms with Crippen LogP contribution in [0.2, 0.25) is 0 Å². The first-order chi connectivity index (χ1) is 11.1. The number of carboxylic acids is 1. The molecule has 0 aromatic heterocycles. The molecule has 0 aromatic carbocycles. The monoisotopic (exact) mass is 327 g/mol. The molecule has 0 saturated carbocycles. The van der Waals surface area contributed by atoms with E-state index in [4.69, 9.17) is 5.11 Å². The summed E-state index contributed by atoms with van der Waals surface area (Å²) >= 11 is 0. The Morgan fingerprint density at radius 1 is 1.09 bits per heavy atom. The molecule has 1 unspecified atom stereocenters. The summed E-state index contributed by atoms with van der Waals surface area (Å²) in [6, 6.07) is 0. The summed E-state index contributed by atoms with van der Waals surface area (Å²) in [7, 11) is 0. The van der Waals surface area contributed by atoms with Crippen LogP contribution >= 0.6 is 0 Å². The van der Waals surface area contributed by atoms with Crippen LogP contribution in [0.3, 0.4) is 0 Å². The highest BCUT2D eigenvalue weighted by atomic mass is 16.4. The number of quaternary nitrogens is 1. The Kier molecular flexibility index (Phi) is 10.1. The van der Waals surface area contributed by atoms with E-state index in [1.165, 1.54) is 51.4 Å². The second kappa shape index (κ2) is 11.6. The number of hydrogen-bond donors (Lipinski definition) is 2. The minimum absolute atomic E-state index is 0.0179. The number of rotatable bonds is 14. The maximum atomic E-state index is 11.2. The molecule has 0 amide bonds. The molecule has 1 aliphatic rings. The highest BCUT2D eigenvalue weighted by Crippen LogP contribution is 2.20. The number of hydrogen-bond acceptors (Lipinski definition) is 3. The van der Waals surface area contributed by atoms with Crippen LogP contribution in [-0.2, 0) is 4.79 Å². The van der Waals surface area contributed by atoms with E-state index in [0.29, 0.717) is 17.6 Å². The number of aliphatic carboxylic acids is 1. The number of carboxylic acid groups (broad SMARTS) is 1. The van der Waals surface area contributed by atoms with Crippen molar-refractivity contribution in [3.05, 3.63) is 0 Å². The first-order valence-corrected chi connectivity index (χ1v) is 9.37. The maximum Gasteiger partial charge on any atom is 0.359 e. The van der Waals surface area contributed by atoms with Crippen molar-refractivity contribution in [2.75, 3.05) is 32.8 Å². The highest BCUT2D eigenvalue weighted by molar-refractivity contribution is 5.80. The average Bonchev–Trinajstić information content (AvgIpc) is 2.87. The molecule has 2 N–H and O–H groups in total. The Hall–Kier alpha value is -0.940. The minimum Gasteiger partial charge on any atom is -0.477 e. The summed E-state index contributed by atoms with van der Waals surface area (Å²) in [6.45, 7) is 4.20. The van der Waals surface area contributed by atoms with Gasteiger partial charge in [-0.25, -0.2) is 9.79 Å². The van der Waals surface area contributed by atoms with Gasteiger partial charge in [0.25, 0.3) is 0 Å². The van der Waals surface area contributed by atoms with Gasteiger partial charge in [0, 0.05) is 6.42 Å². The van der Waals surface area contributed by atoms with Gasteiger partial charge in [0.15, 0.2) is 12.4 Å². The summed E-state index contributed by atoms with van der Waals surface area (Å²) in [4.78, 5) is 15.7. The molecule has 0 fully saturated rings. The van der Waals surface area contributed by atoms with Crippen LogP contribution in [-0.4, -0.2) is 59.3 Å². The van der Waals surface area contributed by atoms with E-state index in [0.717, 1.165) is 25.2 Å². The molecule has 23 heavy (non-hydrogen) atoms. The summed E-state index contributed by atoms with van der Waals surface area (Å²) < 4.78 is 0.364. The lowest BCUT2D eigenvalue weighted by atomic mass is 10.1. The van der Waals surface area contributed by atoms with Crippen molar-refractivity contribution in [2.45, 2.75) is 71.1 Å². The number of carbonyl (C=O) groups is 1. The normalized spacial score (nSPS) is 20.7. The second-order valence-corrected chi connectivity index (χ2v) is 6.74. The zero-order chi connectivity index (χ0) is 17.0. The molecule has 0 aliphatic carbocycles. The summed E-state index contributed by atoms with van der Waals surface area (Å²) in [5.41, 5.74) is 0. The first-order valence-electron chi connectivity index (χ1n) is 9.37. The van der Waals surface area contributed by atoms with Gasteiger partial charge in [-0.3, -0.25) is 4.48 Å². The zero-order valence-electron chi connectivity index (χ0n) is 14.8. The highest BCUT2D eigenvalue weighted by Gasteiger charge is 2.39. The Morgan fingerprint density at radius 2 is 1.70 bits per heavy atom. The molecule has 5 nitrogen and oxygen atoms in total. The quantitative estimate of drug-likeness (QED) is 0.380. The van der Waals surface area contributed by atoms with Gasteiger partial charge < -0.3 is 10.2 Å². The summed E-state index contributed by atoms with van der Waals surface area (Å²) in [5.74, 6) is 0.185.